The highest BCUT2D eigenvalue weighted by Crippen LogP contribution is 2.31. The molecule has 2 heterocycles. The van der Waals surface area contributed by atoms with Gasteiger partial charge in [0.05, 0.1) is 5.56 Å². The predicted octanol–water partition coefficient (Wildman–Crippen LogP) is 2.50. The van der Waals surface area contributed by atoms with E-state index in [-0.39, 0.29) is 17.8 Å². The molecule has 2 atom stereocenters. The minimum atomic E-state index is -0.856. The maximum atomic E-state index is 13.8. The van der Waals surface area contributed by atoms with Crippen molar-refractivity contribution in [3.8, 4) is 11.5 Å². The van der Waals surface area contributed by atoms with Gasteiger partial charge in [0.2, 0.25) is 0 Å². The molecule has 1 N–H and O–H groups in total. The Labute approximate surface area is 174 Å². The molecule has 0 spiro atoms. The number of nitrogens with zero attached hydrogens (tertiary/aromatic N) is 2. The van der Waals surface area contributed by atoms with Crippen molar-refractivity contribution in [1.82, 2.24) is 15.1 Å². The number of nitrogens with one attached hydrogen (secondary N) is 1. The van der Waals surface area contributed by atoms with Crippen LogP contribution >= 0.6 is 0 Å². The average molecular weight is 417 g/mol. The number of halogens is 2. The Morgan fingerprint density at radius 1 is 1.13 bits per heavy atom. The van der Waals surface area contributed by atoms with Gasteiger partial charge in [0.15, 0.2) is 17.7 Å². The summed E-state index contributed by atoms with van der Waals surface area (Å²) < 4.78 is 38.6. The molecule has 2 aromatic rings. The highest BCUT2D eigenvalue weighted by molar-refractivity contribution is 5.94. The number of carbonyl (C=O) groups is 1. The van der Waals surface area contributed by atoms with Crippen LogP contribution in [0.25, 0.3) is 0 Å². The van der Waals surface area contributed by atoms with Crippen molar-refractivity contribution in [2.45, 2.75) is 19.2 Å². The monoisotopic (exact) mass is 417 g/mol. The summed E-state index contributed by atoms with van der Waals surface area (Å²) in [4.78, 5) is 16.7. The summed E-state index contributed by atoms with van der Waals surface area (Å²) in [7, 11) is 0. The van der Waals surface area contributed by atoms with E-state index in [0.717, 1.165) is 49.8 Å². The summed E-state index contributed by atoms with van der Waals surface area (Å²) in [6.07, 6.45) is -0.112. The van der Waals surface area contributed by atoms with Crippen molar-refractivity contribution in [3.63, 3.8) is 0 Å². The van der Waals surface area contributed by atoms with Gasteiger partial charge in [-0.25, -0.2) is 8.78 Å². The van der Waals surface area contributed by atoms with Crippen LogP contribution < -0.4 is 14.8 Å². The topological polar surface area (TPSA) is 54.0 Å². The second kappa shape index (κ2) is 8.97. The Morgan fingerprint density at radius 2 is 1.87 bits per heavy atom. The zero-order valence-electron chi connectivity index (χ0n) is 16.8. The van der Waals surface area contributed by atoms with E-state index in [4.69, 9.17) is 9.47 Å². The fourth-order valence-electron chi connectivity index (χ4n) is 3.79. The third kappa shape index (κ3) is 4.55. The zero-order chi connectivity index (χ0) is 21.1. The lowest BCUT2D eigenvalue weighted by atomic mass is 10.1. The van der Waals surface area contributed by atoms with Crippen molar-refractivity contribution in [3.05, 3.63) is 59.7 Å². The van der Waals surface area contributed by atoms with Crippen LogP contribution in [0.1, 0.15) is 17.3 Å². The van der Waals surface area contributed by atoms with Crippen LogP contribution in [-0.4, -0.2) is 67.3 Å². The van der Waals surface area contributed by atoms with Gasteiger partial charge in [-0.05, 0) is 31.2 Å². The number of ether oxygens (including phenoxy) is 2. The van der Waals surface area contributed by atoms with Crippen molar-refractivity contribution in [2.24, 2.45) is 0 Å². The van der Waals surface area contributed by atoms with Gasteiger partial charge in [-0.15, -0.1) is 0 Å². The molecule has 30 heavy (non-hydrogen) atoms. The van der Waals surface area contributed by atoms with Crippen LogP contribution in [0, 0.1) is 11.6 Å². The molecule has 2 aliphatic heterocycles. The lowest BCUT2D eigenvalue weighted by molar-refractivity contribution is -0.0532. The van der Waals surface area contributed by atoms with Gasteiger partial charge in [0.25, 0.3) is 5.91 Å². The minimum Gasteiger partial charge on any atom is -0.484 e. The average Bonchev–Trinajstić information content (AvgIpc) is 2.77. The van der Waals surface area contributed by atoms with Gasteiger partial charge in [-0.1, -0.05) is 12.1 Å². The SMILES string of the molecule is CC(CNC(=O)c1ccc(F)cc1F)N1CCN(C2COc3ccccc3O2)CC1. The van der Waals surface area contributed by atoms with E-state index < -0.39 is 17.5 Å². The molecule has 0 radical (unpaired) electrons. The van der Waals surface area contributed by atoms with Crippen LogP contribution in [-0.2, 0) is 0 Å². The van der Waals surface area contributed by atoms with E-state index in [9.17, 15) is 13.6 Å². The predicted molar refractivity (Wildman–Crippen MR) is 108 cm³/mol. The molecular formula is C22H25F2N3O3. The van der Waals surface area contributed by atoms with Gasteiger partial charge in [0.1, 0.15) is 18.2 Å². The van der Waals surface area contributed by atoms with E-state index in [1.54, 1.807) is 0 Å². The highest BCUT2D eigenvalue weighted by Gasteiger charge is 2.30. The second-order valence-corrected chi connectivity index (χ2v) is 7.59. The zero-order valence-corrected chi connectivity index (χ0v) is 16.8. The maximum absolute atomic E-state index is 13.8. The molecule has 0 saturated carbocycles. The highest BCUT2D eigenvalue weighted by atomic mass is 19.1. The number of para-hydroxylation sites is 2. The van der Waals surface area contributed by atoms with Gasteiger partial charge >= 0.3 is 0 Å². The molecule has 6 nitrogen and oxygen atoms in total. The van der Waals surface area contributed by atoms with Crippen LogP contribution in [0.15, 0.2) is 42.5 Å². The second-order valence-electron chi connectivity index (χ2n) is 7.59. The summed E-state index contributed by atoms with van der Waals surface area (Å²) in [5.41, 5.74) is -0.150. The molecule has 1 fully saturated rings. The van der Waals surface area contributed by atoms with Gasteiger partial charge < -0.3 is 14.8 Å². The lowest BCUT2D eigenvalue weighted by Gasteiger charge is -2.42. The Balaban J connectivity index is 1.24. The third-order valence-corrected chi connectivity index (χ3v) is 5.61. The Hall–Kier alpha value is -2.71. The summed E-state index contributed by atoms with van der Waals surface area (Å²) in [5.74, 6) is -0.560. The van der Waals surface area contributed by atoms with Gasteiger partial charge in [0, 0.05) is 44.8 Å². The molecule has 8 heteroatoms. The van der Waals surface area contributed by atoms with Crippen molar-refractivity contribution < 1.29 is 23.0 Å². The number of carbonyl (C=O) groups excluding carboxylic acids is 1. The number of hydrogen-bond donors (Lipinski definition) is 1. The standard InChI is InChI=1S/C22H25F2N3O3/c1-15(13-25-22(28)17-7-6-16(23)12-18(17)24)26-8-10-27(11-9-26)21-14-29-19-4-2-3-5-20(19)30-21/h2-7,12,15,21H,8-11,13-14H2,1H3,(H,25,28). The maximum Gasteiger partial charge on any atom is 0.254 e. The fraction of sp³-hybridized carbons (Fsp3) is 0.409. The van der Waals surface area contributed by atoms with E-state index >= 15 is 0 Å². The van der Waals surface area contributed by atoms with E-state index in [2.05, 4.69) is 15.1 Å². The van der Waals surface area contributed by atoms with Crippen molar-refractivity contribution >= 4 is 5.91 Å². The van der Waals surface area contributed by atoms with Gasteiger partial charge in [-0.2, -0.15) is 0 Å². The first-order valence-corrected chi connectivity index (χ1v) is 10.1. The van der Waals surface area contributed by atoms with Gasteiger partial charge in [-0.3, -0.25) is 14.6 Å². The molecule has 0 aromatic heterocycles. The summed E-state index contributed by atoms with van der Waals surface area (Å²) in [6, 6.07) is 10.7. The number of fused-ring (bicyclic) bond motifs is 1. The van der Waals surface area contributed by atoms with E-state index in [1.165, 1.54) is 0 Å². The molecule has 2 aromatic carbocycles. The Kier molecular flexibility index (Phi) is 6.15. The molecule has 2 aliphatic rings. The number of piperazine rings is 1. The number of hydrogen-bond acceptors (Lipinski definition) is 5. The summed E-state index contributed by atoms with van der Waals surface area (Å²) in [5, 5.41) is 2.74. The van der Waals surface area contributed by atoms with Crippen LogP contribution in [0.5, 0.6) is 11.5 Å². The first-order valence-electron chi connectivity index (χ1n) is 10.1. The van der Waals surface area contributed by atoms with E-state index in [0.29, 0.717) is 19.2 Å². The normalized spacial score (nSPS) is 20.6. The Bertz CT molecular complexity index is 903. The minimum absolute atomic E-state index is 0.0869. The lowest BCUT2D eigenvalue weighted by Crippen LogP contribution is -2.57. The fourth-order valence-corrected chi connectivity index (χ4v) is 3.79. The molecule has 2 unspecified atom stereocenters. The van der Waals surface area contributed by atoms with E-state index in [1.807, 2.05) is 31.2 Å². The van der Waals surface area contributed by atoms with Crippen molar-refractivity contribution in [2.75, 3.05) is 39.3 Å². The first kappa shape index (κ1) is 20.6. The Morgan fingerprint density at radius 3 is 2.60 bits per heavy atom. The molecular weight excluding hydrogens is 392 g/mol. The summed E-state index contributed by atoms with van der Waals surface area (Å²) >= 11 is 0. The number of amides is 1. The molecule has 1 amide bonds. The van der Waals surface area contributed by atoms with Crippen LogP contribution in [0.2, 0.25) is 0 Å². The largest absolute Gasteiger partial charge is 0.484 e. The summed E-state index contributed by atoms with van der Waals surface area (Å²) in [6.45, 7) is 6.18. The molecule has 0 bridgehead atoms. The molecule has 1 saturated heterocycles. The molecule has 4 rings (SSSR count). The number of benzene rings is 2. The quantitative estimate of drug-likeness (QED) is 0.810. The van der Waals surface area contributed by atoms with Crippen molar-refractivity contribution in [1.29, 1.82) is 0 Å². The van der Waals surface area contributed by atoms with Crippen LogP contribution in [0.3, 0.4) is 0 Å². The number of rotatable bonds is 5. The molecule has 160 valence electrons. The molecule has 0 aliphatic carbocycles. The van der Waals surface area contributed by atoms with Crippen LogP contribution in [0.4, 0.5) is 8.78 Å². The smallest absolute Gasteiger partial charge is 0.254 e. The third-order valence-electron chi connectivity index (χ3n) is 5.61. The first-order chi connectivity index (χ1) is 14.5.